The zero-order valence-electron chi connectivity index (χ0n) is 13.4. The van der Waals surface area contributed by atoms with Crippen molar-refractivity contribution < 1.29 is 17.9 Å². The van der Waals surface area contributed by atoms with E-state index in [-0.39, 0.29) is 21.6 Å². The number of hydrogen-bond donors (Lipinski definition) is 1. The number of benzene rings is 2. The van der Waals surface area contributed by atoms with E-state index >= 15 is 0 Å². The molecular formula is C18H19NO4S. The van der Waals surface area contributed by atoms with E-state index in [2.05, 4.69) is 5.32 Å². The lowest BCUT2D eigenvalue weighted by Gasteiger charge is -2.26. The topological polar surface area (TPSA) is 72.5 Å². The van der Waals surface area contributed by atoms with E-state index in [0.29, 0.717) is 18.9 Å². The molecule has 0 radical (unpaired) electrons. The molecule has 0 spiro atoms. The number of carbonyl (C=O) groups excluding carboxylic acids is 1. The molecule has 126 valence electrons. The van der Waals surface area contributed by atoms with Crippen LogP contribution in [0.1, 0.15) is 24.8 Å². The van der Waals surface area contributed by atoms with E-state index in [1.165, 1.54) is 6.92 Å². The van der Waals surface area contributed by atoms with Gasteiger partial charge in [0.1, 0.15) is 5.75 Å². The Balaban J connectivity index is 1.93. The lowest BCUT2D eigenvalue weighted by Crippen LogP contribution is -2.29. The van der Waals surface area contributed by atoms with E-state index in [1.807, 2.05) is 0 Å². The average molecular weight is 345 g/mol. The fraction of sp³-hybridized carbons (Fsp3) is 0.278. The van der Waals surface area contributed by atoms with Crippen LogP contribution in [0.4, 0.5) is 0 Å². The van der Waals surface area contributed by atoms with E-state index in [4.69, 9.17) is 4.74 Å². The molecule has 1 unspecified atom stereocenters. The Morgan fingerprint density at radius 3 is 2.62 bits per heavy atom. The summed E-state index contributed by atoms with van der Waals surface area (Å²) in [7, 11) is -3.57. The highest BCUT2D eigenvalue weighted by molar-refractivity contribution is 7.91. The molecule has 0 aliphatic carbocycles. The number of amides is 1. The summed E-state index contributed by atoms with van der Waals surface area (Å²) in [6.45, 7) is 2.51. The van der Waals surface area contributed by atoms with Gasteiger partial charge in [-0.25, -0.2) is 8.42 Å². The summed E-state index contributed by atoms with van der Waals surface area (Å²) >= 11 is 0. The SMILES string of the molecule is CC(=O)NCC1CCOc2cc(S(=O)(=O)c3ccccc3)ccc21. The molecule has 1 heterocycles. The van der Waals surface area contributed by atoms with Gasteiger partial charge in [0, 0.05) is 19.4 Å². The summed E-state index contributed by atoms with van der Waals surface area (Å²) in [5.41, 5.74) is 0.932. The van der Waals surface area contributed by atoms with Gasteiger partial charge < -0.3 is 10.1 Å². The number of fused-ring (bicyclic) bond motifs is 1. The van der Waals surface area contributed by atoms with Gasteiger partial charge in [0.25, 0.3) is 0 Å². The summed E-state index contributed by atoms with van der Waals surface area (Å²) in [6, 6.07) is 13.3. The molecule has 1 aliphatic rings. The minimum atomic E-state index is -3.57. The van der Waals surface area contributed by atoms with Crippen LogP contribution in [0.3, 0.4) is 0 Å². The van der Waals surface area contributed by atoms with Crippen LogP contribution in [0.25, 0.3) is 0 Å². The van der Waals surface area contributed by atoms with Crippen molar-refractivity contribution in [2.75, 3.05) is 13.2 Å². The highest BCUT2D eigenvalue weighted by Crippen LogP contribution is 2.36. The number of carbonyl (C=O) groups is 1. The zero-order valence-corrected chi connectivity index (χ0v) is 14.2. The molecule has 1 amide bonds. The molecule has 1 aliphatic heterocycles. The van der Waals surface area contributed by atoms with Crippen molar-refractivity contribution in [2.24, 2.45) is 0 Å². The van der Waals surface area contributed by atoms with Gasteiger partial charge in [0.2, 0.25) is 15.7 Å². The number of ether oxygens (including phenoxy) is 1. The van der Waals surface area contributed by atoms with Crippen LogP contribution in [0.2, 0.25) is 0 Å². The second-order valence-corrected chi connectivity index (χ2v) is 7.74. The Morgan fingerprint density at radius 1 is 1.17 bits per heavy atom. The lowest BCUT2D eigenvalue weighted by molar-refractivity contribution is -0.119. The minimum absolute atomic E-state index is 0.0775. The number of nitrogens with one attached hydrogen (secondary N) is 1. The van der Waals surface area contributed by atoms with Crippen LogP contribution in [0.15, 0.2) is 58.3 Å². The second-order valence-electron chi connectivity index (χ2n) is 5.79. The van der Waals surface area contributed by atoms with E-state index in [1.54, 1.807) is 48.5 Å². The predicted octanol–water partition coefficient (Wildman–Crippen LogP) is 2.52. The second kappa shape index (κ2) is 6.65. The van der Waals surface area contributed by atoms with Crippen molar-refractivity contribution in [3.63, 3.8) is 0 Å². The summed E-state index contributed by atoms with van der Waals surface area (Å²) in [5, 5.41) is 2.81. The van der Waals surface area contributed by atoms with Gasteiger partial charge in [-0.1, -0.05) is 24.3 Å². The smallest absolute Gasteiger partial charge is 0.216 e. The summed E-state index contributed by atoms with van der Waals surface area (Å²) in [5.74, 6) is 0.631. The molecule has 0 bridgehead atoms. The fourth-order valence-corrected chi connectivity index (χ4v) is 4.12. The molecule has 6 heteroatoms. The van der Waals surface area contributed by atoms with E-state index < -0.39 is 9.84 Å². The quantitative estimate of drug-likeness (QED) is 0.924. The Bertz CT molecular complexity index is 847. The van der Waals surface area contributed by atoms with Gasteiger partial charge >= 0.3 is 0 Å². The fourth-order valence-electron chi connectivity index (χ4n) is 2.83. The zero-order chi connectivity index (χ0) is 17.2. The first-order valence-corrected chi connectivity index (χ1v) is 9.28. The minimum Gasteiger partial charge on any atom is -0.493 e. The largest absolute Gasteiger partial charge is 0.493 e. The number of sulfone groups is 1. The van der Waals surface area contributed by atoms with Crippen molar-refractivity contribution >= 4 is 15.7 Å². The lowest BCUT2D eigenvalue weighted by atomic mass is 9.93. The normalized spacial score (nSPS) is 16.8. The molecule has 0 aromatic heterocycles. The van der Waals surface area contributed by atoms with E-state index in [0.717, 1.165) is 12.0 Å². The molecule has 0 fully saturated rings. The Morgan fingerprint density at radius 2 is 1.92 bits per heavy atom. The number of hydrogen-bond acceptors (Lipinski definition) is 4. The molecule has 24 heavy (non-hydrogen) atoms. The molecule has 1 N–H and O–H groups in total. The van der Waals surface area contributed by atoms with E-state index in [9.17, 15) is 13.2 Å². The summed E-state index contributed by atoms with van der Waals surface area (Å²) in [6.07, 6.45) is 0.790. The molecule has 3 rings (SSSR count). The van der Waals surface area contributed by atoms with Crippen LogP contribution >= 0.6 is 0 Å². The van der Waals surface area contributed by atoms with Crippen molar-refractivity contribution in [1.29, 1.82) is 0 Å². The molecule has 1 atom stereocenters. The third-order valence-corrected chi connectivity index (χ3v) is 5.88. The van der Waals surface area contributed by atoms with Crippen LogP contribution in [0.5, 0.6) is 5.75 Å². The highest BCUT2D eigenvalue weighted by Gasteiger charge is 2.25. The van der Waals surface area contributed by atoms with Gasteiger partial charge in [-0.2, -0.15) is 0 Å². The van der Waals surface area contributed by atoms with Crippen molar-refractivity contribution in [3.8, 4) is 5.75 Å². The maximum absolute atomic E-state index is 12.7. The third kappa shape index (κ3) is 3.28. The molecule has 2 aromatic rings. The van der Waals surface area contributed by atoms with Crippen LogP contribution in [-0.4, -0.2) is 27.5 Å². The van der Waals surface area contributed by atoms with Gasteiger partial charge in [0.15, 0.2) is 0 Å². The van der Waals surface area contributed by atoms with Gasteiger partial charge in [-0.15, -0.1) is 0 Å². The first-order valence-electron chi connectivity index (χ1n) is 7.80. The predicted molar refractivity (Wildman–Crippen MR) is 89.9 cm³/mol. The first-order chi connectivity index (χ1) is 11.5. The van der Waals surface area contributed by atoms with Crippen molar-refractivity contribution in [1.82, 2.24) is 5.32 Å². The van der Waals surface area contributed by atoms with Crippen LogP contribution < -0.4 is 10.1 Å². The standard InChI is InChI=1S/C18H19NO4S/c1-13(20)19-12-14-9-10-23-18-11-16(7-8-17(14)18)24(21,22)15-5-3-2-4-6-15/h2-8,11,14H,9-10,12H2,1H3,(H,19,20). The van der Waals surface area contributed by atoms with Crippen molar-refractivity contribution in [2.45, 2.75) is 29.1 Å². The van der Waals surface area contributed by atoms with Crippen molar-refractivity contribution in [3.05, 3.63) is 54.1 Å². The molecule has 2 aromatic carbocycles. The maximum Gasteiger partial charge on any atom is 0.216 e. The Hall–Kier alpha value is -2.34. The molecular weight excluding hydrogens is 326 g/mol. The summed E-state index contributed by atoms with van der Waals surface area (Å²) < 4.78 is 31.1. The van der Waals surface area contributed by atoms with Gasteiger partial charge in [0.05, 0.1) is 16.4 Å². The van der Waals surface area contributed by atoms with Crippen LogP contribution in [-0.2, 0) is 14.6 Å². The number of rotatable bonds is 4. The monoisotopic (exact) mass is 345 g/mol. The third-order valence-electron chi connectivity index (χ3n) is 4.11. The summed E-state index contributed by atoms with van der Waals surface area (Å²) in [4.78, 5) is 11.6. The van der Waals surface area contributed by atoms with Crippen LogP contribution in [0, 0.1) is 0 Å². The van der Waals surface area contributed by atoms with Gasteiger partial charge in [-0.3, -0.25) is 4.79 Å². The highest BCUT2D eigenvalue weighted by atomic mass is 32.2. The average Bonchev–Trinajstić information content (AvgIpc) is 2.60. The Kier molecular flexibility index (Phi) is 4.57. The maximum atomic E-state index is 12.7. The molecule has 0 saturated heterocycles. The van der Waals surface area contributed by atoms with Gasteiger partial charge in [-0.05, 0) is 36.2 Å². The molecule has 0 saturated carbocycles. The first kappa shape index (κ1) is 16.5. The molecule has 5 nitrogen and oxygen atoms in total. The Labute approximate surface area is 141 Å².